The molecule has 0 aromatic heterocycles. The third kappa shape index (κ3) is 6.75. The monoisotopic (exact) mass is 962 g/mol. The Morgan fingerprint density at radius 3 is 1.19 bits per heavy atom. The summed E-state index contributed by atoms with van der Waals surface area (Å²) in [5, 5.41) is 0. The maximum Gasteiger partial charge on any atom is 0.256 e. The van der Waals surface area contributed by atoms with Crippen LogP contribution >= 0.6 is 11.8 Å². The molecular weight excluding hydrogens is 918 g/mol. The first-order chi connectivity index (χ1) is 36.7. The summed E-state index contributed by atoms with van der Waals surface area (Å²) in [6, 6.07) is 96.8. The summed E-state index contributed by atoms with van der Waals surface area (Å²) in [5.41, 5.74) is 20.8. The second-order valence-corrected chi connectivity index (χ2v) is 20.3. The lowest BCUT2D eigenvalue weighted by Crippen LogP contribution is -2.63. The molecule has 0 radical (unpaired) electrons. The van der Waals surface area contributed by atoms with Crippen LogP contribution in [0.15, 0.2) is 277 Å². The summed E-state index contributed by atoms with van der Waals surface area (Å²) < 4.78 is 7.49. The summed E-state index contributed by atoms with van der Waals surface area (Å²) in [6.07, 6.45) is 0. The number of para-hydroxylation sites is 8. The first kappa shape index (κ1) is 42.6. The Balaban J connectivity index is 0.968. The second-order valence-electron chi connectivity index (χ2n) is 19.2. The Morgan fingerprint density at radius 2 is 0.703 bits per heavy atom. The van der Waals surface area contributed by atoms with Gasteiger partial charge in [-0.3, -0.25) is 0 Å². The Kier molecular flexibility index (Phi) is 9.95. The van der Waals surface area contributed by atoms with E-state index in [4.69, 9.17) is 4.74 Å². The van der Waals surface area contributed by atoms with Gasteiger partial charge in [-0.15, -0.1) is 0 Å². The van der Waals surface area contributed by atoms with Gasteiger partial charge in [0, 0.05) is 78.4 Å². The fourth-order valence-electron chi connectivity index (χ4n) is 12.0. The van der Waals surface area contributed by atoms with E-state index in [0.717, 1.165) is 68.4 Å². The molecule has 0 bridgehead atoms. The highest BCUT2D eigenvalue weighted by molar-refractivity contribution is 8.00. The van der Waals surface area contributed by atoms with Gasteiger partial charge in [-0.05, 0) is 137 Å². The third-order valence-corrected chi connectivity index (χ3v) is 16.2. The number of anilines is 12. The van der Waals surface area contributed by atoms with Crippen molar-refractivity contribution in [1.82, 2.24) is 0 Å². The molecule has 0 N–H and O–H groups in total. The minimum absolute atomic E-state index is 0.0399. The summed E-state index contributed by atoms with van der Waals surface area (Å²) >= 11 is 1.86. The SMILES string of the molecule is c1ccc(N(c2ccccc2)c2cc3c4c(c2)N(c2ccccc2)c2ccccc2B4c2cc4c(cc2O3)Sc2cc(N(c3ccccc3)c3ccccc3)cc3c2B4c2ccccc2N3c2ccccc2)cc1. The minimum atomic E-state index is -0.0978. The molecule has 74 heavy (non-hydrogen) atoms. The standard InChI is InChI=1S/C66H44B2N4OS/c1-7-23-45(24-8-1)69(46-25-9-2-10-26-46)51-39-59-65-62(41-51)73-61-44-63-56(43-55(61)67(65)53-35-19-21-37-57(53)71(59)49-31-15-5-16-32-49)68-54-36-20-22-38-58(54)72(50-33-17-6-18-34-50)60-40-52(42-64(74-63)66(60)68)70(47-27-11-3-12-28-47)48-29-13-4-14-30-48/h1-44H. The highest BCUT2D eigenvalue weighted by Crippen LogP contribution is 2.49. The number of ether oxygens (including phenoxy) is 1. The zero-order chi connectivity index (χ0) is 48.7. The first-order valence-corrected chi connectivity index (χ1v) is 26.1. The van der Waals surface area contributed by atoms with E-state index in [0.29, 0.717) is 0 Å². The Hall–Kier alpha value is -9.10. The van der Waals surface area contributed by atoms with Crippen LogP contribution in [0.2, 0.25) is 0 Å². The van der Waals surface area contributed by atoms with Crippen molar-refractivity contribution in [1.29, 1.82) is 0 Å². The first-order valence-electron chi connectivity index (χ1n) is 25.3. The Labute approximate surface area is 436 Å². The number of rotatable bonds is 8. The van der Waals surface area contributed by atoms with E-state index in [1.807, 2.05) is 11.8 Å². The number of benzene rings is 11. The van der Waals surface area contributed by atoms with Crippen LogP contribution in [0.25, 0.3) is 0 Å². The average Bonchev–Trinajstić information content (AvgIpc) is 3.46. The lowest BCUT2D eigenvalue weighted by molar-refractivity contribution is 0.486. The van der Waals surface area contributed by atoms with E-state index in [9.17, 15) is 0 Å². The molecule has 346 valence electrons. The quantitative estimate of drug-likeness (QED) is 0.141. The molecule has 0 saturated carbocycles. The van der Waals surface area contributed by atoms with E-state index >= 15 is 0 Å². The minimum Gasteiger partial charge on any atom is -0.458 e. The van der Waals surface area contributed by atoms with E-state index in [1.54, 1.807) is 0 Å². The van der Waals surface area contributed by atoms with Gasteiger partial charge in [-0.2, -0.15) is 0 Å². The molecule has 0 atom stereocenters. The fourth-order valence-corrected chi connectivity index (χ4v) is 13.2. The van der Waals surface area contributed by atoms with Crippen LogP contribution in [0, 0.1) is 0 Å². The summed E-state index contributed by atoms with van der Waals surface area (Å²) in [4.78, 5) is 12.1. The van der Waals surface area contributed by atoms with Gasteiger partial charge in [0.05, 0.1) is 5.69 Å². The van der Waals surface area contributed by atoms with Crippen LogP contribution in [0.4, 0.5) is 68.2 Å². The maximum absolute atomic E-state index is 7.49. The molecule has 0 spiro atoms. The number of fused-ring (bicyclic) bond motifs is 8. The largest absolute Gasteiger partial charge is 0.458 e. The van der Waals surface area contributed by atoms with Crippen molar-refractivity contribution in [3.63, 3.8) is 0 Å². The Morgan fingerprint density at radius 1 is 0.297 bits per heavy atom. The number of hydrogen-bond donors (Lipinski definition) is 0. The molecule has 5 nitrogen and oxygen atoms in total. The van der Waals surface area contributed by atoms with Crippen LogP contribution in [-0.4, -0.2) is 13.4 Å². The molecular formula is C66H44B2N4OS. The molecule has 15 rings (SSSR count). The van der Waals surface area contributed by atoms with Gasteiger partial charge < -0.3 is 24.3 Å². The van der Waals surface area contributed by atoms with Crippen LogP contribution in [-0.2, 0) is 0 Å². The van der Waals surface area contributed by atoms with Crippen molar-refractivity contribution < 1.29 is 4.74 Å². The lowest BCUT2D eigenvalue weighted by atomic mass is 9.31. The van der Waals surface area contributed by atoms with Crippen molar-refractivity contribution in [3.8, 4) is 11.5 Å². The van der Waals surface area contributed by atoms with Gasteiger partial charge in [0.25, 0.3) is 6.71 Å². The van der Waals surface area contributed by atoms with Crippen molar-refractivity contribution in [2.75, 3.05) is 19.6 Å². The number of nitrogens with zero attached hydrogens (tertiary/aromatic N) is 4. The van der Waals surface area contributed by atoms with Crippen LogP contribution in [0.5, 0.6) is 11.5 Å². The summed E-state index contributed by atoms with van der Waals surface area (Å²) in [6.45, 7) is -0.138. The molecule has 4 aliphatic heterocycles. The maximum atomic E-state index is 7.49. The fraction of sp³-hybridized carbons (Fsp3) is 0. The predicted octanol–water partition coefficient (Wildman–Crippen LogP) is 13.8. The Bertz CT molecular complexity index is 3610. The summed E-state index contributed by atoms with van der Waals surface area (Å²) in [7, 11) is 0. The van der Waals surface area contributed by atoms with E-state index in [1.165, 1.54) is 53.9 Å². The molecule has 0 saturated heterocycles. The molecule has 11 aromatic carbocycles. The predicted molar refractivity (Wildman–Crippen MR) is 312 cm³/mol. The molecule has 8 heteroatoms. The van der Waals surface area contributed by atoms with Crippen LogP contribution in [0.1, 0.15) is 0 Å². The molecule has 4 heterocycles. The number of hydrogen-bond acceptors (Lipinski definition) is 6. The van der Waals surface area contributed by atoms with E-state index < -0.39 is 0 Å². The normalized spacial score (nSPS) is 13.1. The van der Waals surface area contributed by atoms with Gasteiger partial charge in [0.1, 0.15) is 11.5 Å². The average molecular weight is 963 g/mol. The van der Waals surface area contributed by atoms with Gasteiger partial charge in [0.15, 0.2) is 0 Å². The zero-order valence-corrected chi connectivity index (χ0v) is 41.0. The smallest absolute Gasteiger partial charge is 0.256 e. The van der Waals surface area contributed by atoms with Gasteiger partial charge in [-0.1, -0.05) is 169 Å². The molecule has 4 aliphatic rings. The van der Waals surface area contributed by atoms with Crippen LogP contribution in [0.3, 0.4) is 0 Å². The van der Waals surface area contributed by atoms with Gasteiger partial charge in [-0.25, -0.2) is 0 Å². The molecule has 0 amide bonds. The molecule has 0 fully saturated rings. The van der Waals surface area contributed by atoms with Gasteiger partial charge >= 0.3 is 0 Å². The van der Waals surface area contributed by atoms with Crippen molar-refractivity contribution in [2.45, 2.75) is 9.79 Å². The van der Waals surface area contributed by atoms with Crippen molar-refractivity contribution in [2.24, 2.45) is 0 Å². The highest BCUT2D eigenvalue weighted by atomic mass is 32.2. The van der Waals surface area contributed by atoms with Crippen molar-refractivity contribution in [3.05, 3.63) is 267 Å². The molecule has 11 aromatic rings. The second kappa shape index (κ2) is 17.3. The topological polar surface area (TPSA) is 22.2 Å². The lowest BCUT2D eigenvalue weighted by Gasteiger charge is -2.43. The summed E-state index contributed by atoms with van der Waals surface area (Å²) in [5.74, 6) is 1.74. The van der Waals surface area contributed by atoms with Gasteiger partial charge in [0.2, 0.25) is 6.71 Å². The third-order valence-electron chi connectivity index (χ3n) is 15.1. The van der Waals surface area contributed by atoms with Crippen LogP contribution < -0.4 is 57.1 Å². The molecule has 0 unspecified atom stereocenters. The van der Waals surface area contributed by atoms with Crippen molar-refractivity contribution >= 4 is 126 Å². The zero-order valence-electron chi connectivity index (χ0n) is 40.2. The highest BCUT2D eigenvalue weighted by Gasteiger charge is 2.46. The molecule has 0 aliphatic carbocycles. The van der Waals surface area contributed by atoms with E-state index in [2.05, 4.69) is 287 Å². The van der Waals surface area contributed by atoms with E-state index in [-0.39, 0.29) is 13.4 Å².